The lowest BCUT2D eigenvalue weighted by Gasteiger charge is -2.32. The van der Waals surface area contributed by atoms with Crippen molar-refractivity contribution in [3.8, 4) is 0 Å². The molecule has 2 aliphatic heterocycles. The van der Waals surface area contributed by atoms with E-state index < -0.39 is 0 Å². The summed E-state index contributed by atoms with van der Waals surface area (Å²) in [5, 5.41) is 0.0354. The van der Waals surface area contributed by atoms with Crippen LogP contribution >= 0.6 is 11.8 Å². The maximum atomic E-state index is 12.9. The summed E-state index contributed by atoms with van der Waals surface area (Å²) in [5.74, 6) is 1.41. The number of oxazole rings is 1. The first kappa shape index (κ1) is 15.9. The molecule has 0 bridgehead atoms. The van der Waals surface area contributed by atoms with Crippen LogP contribution in [0.5, 0.6) is 0 Å². The van der Waals surface area contributed by atoms with Gasteiger partial charge in [-0.1, -0.05) is 30.3 Å². The number of likely N-dealkylation sites (tertiary alicyclic amines) is 1. The molecule has 0 saturated carbocycles. The lowest BCUT2D eigenvalue weighted by Crippen LogP contribution is -2.42. The van der Waals surface area contributed by atoms with Gasteiger partial charge in [0.2, 0.25) is 5.91 Å². The molecule has 5 rings (SSSR count). The molecule has 0 N–H and O–H groups in total. The fourth-order valence-electron chi connectivity index (χ4n) is 3.93. The van der Waals surface area contributed by atoms with Crippen molar-refractivity contribution < 1.29 is 9.21 Å². The second kappa shape index (κ2) is 6.47. The summed E-state index contributed by atoms with van der Waals surface area (Å²) >= 11 is 1.72. The normalized spacial score (nSPS) is 20.5. The number of benzene rings is 2. The number of piperidine rings is 1. The van der Waals surface area contributed by atoms with Crippen molar-refractivity contribution >= 4 is 28.8 Å². The highest BCUT2D eigenvalue weighted by Gasteiger charge is 2.34. The van der Waals surface area contributed by atoms with Crippen molar-refractivity contribution in [3.63, 3.8) is 0 Å². The summed E-state index contributed by atoms with van der Waals surface area (Å²) in [7, 11) is 0. The fourth-order valence-corrected chi connectivity index (χ4v) is 5.21. The van der Waals surface area contributed by atoms with Crippen LogP contribution in [0.2, 0.25) is 0 Å². The minimum Gasteiger partial charge on any atom is -0.440 e. The van der Waals surface area contributed by atoms with E-state index in [1.165, 1.54) is 10.5 Å². The van der Waals surface area contributed by atoms with Gasteiger partial charge in [-0.15, -0.1) is 11.8 Å². The Morgan fingerprint density at radius 3 is 2.65 bits per heavy atom. The monoisotopic (exact) mass is 364 g/mol. The van der Waals surface area contributed by atoms with Gasteiger partial charge in [-0.05, 0) is 43.0 Å². The van der Waals surface area contributed by atoms with Gasteiger partial charge in [0.05, 0.1) is 5.25 Å². The van der Waals surface area contributed by atoms with Crippen molar-refractivity contribution in [2.45, 2.75) is 35.3 Å². The minimum absolute atomic E-state index is 0.0354. The molecule has 0 radical (unpaired) electrons. The number of fused-ring (bicyclic) bond motifs is 2. The first-order chi connectivity index (χ1) is 12.8. The van der Waals surface area contributed by atoms with Gasteiger partial charge in [-0.25, -0.2) is 4.98 Å². The Morgan fingerprint density at radius 1 is 1.08 bits per heavy atom. The van der Waals surface area contributed by atoms with Gasteiger partial charge >= 0.3 is 0 Å². The molecule has 3 aromatic rings. The Bertz CT molecular complexity index is 901. The average molecular weight is 364 g/mol. The summed E-state index contributed by atoms with van der Waals surface area (Å²) in [6.45, 7) is 1.57. The van der Waals surface area contributed by atoms with Crippen molar-refractivity contribution in [1.82, 2.24) is 9.88 Å². The van der Waals surface area contributed by atoms with Crippen LogP contribution < -0.4 is 0 Å². The number of thioether (sulfide) groups is 1. The average Bonchev–Trinajstić information content (AvgIpc) is 3.31. The van der Waals surface area contributed by atoms with Gasteiger partial charge in [0.1, 0.15) is 5.52 Å². The lowest BCUT2D eigenvalue weighted by atomic mass is 9.96. The molecule has 3 heterocycles. The van der Waals surface area contributed by atoms with Crippen LogP contribution in [-0.2, 0) is 11.2 Å². The van der Waals surface area contributed by atoms with Crippen molar-refractivity contribution in [3.05, 3.63) is 60.0 Å². The van der Waals surface area contributed by atoms with E-state index in [1.54, 1.807) is 11.8 Å². The SMILES string of the molecule is O=C(C1Cc2ccccc2S1)N1CCC(c2nc3ccccc3o2)CC1. The smallest absolute Gasteiger partial charge is 0.236 e. The zero-order valence-corrected chi connectivity index (χ0v) is 15.2. The number of hydrogen-bond acceptors (Lipinski definition) is 4. The second-order valence-electron chi connectivity index (χ2n) is 7.04. The van der Waals surface area contributed by atoms with E-state index in [2.05, 4.69) is 23.2 Å². The van der Waals surface area contributed by atoms with E-state index in [1.807, 2.05) is 35.2 Å². The Kier molecular flexibility index (Phi) is 3.97. The van der Waals surface area contributed by atoms with Gasteiger partial charge in [0.25, 0.3) is 0 Å². The predicted octanol–water partition coefficient (Wildman–Crippen LogP) is 4.25. The largest absolute Gasteiger partial charge is 0.440 e. The maximum absolute atomic E-state index is 12.9. The number of hydrogen-bond donors (Lipinski definition) is 0. The summed E-state index contributed by atoms with van der Waals surface area (Å²) in [6, 6.07) is 16.2. The Hall–Kier alpha value is -2.27. The molecule has 26 heavy (non-hydrogen) atoms. The molecule has 2 aliphatic rings. The summed E-state index contributed by atoms with van der Waals surface area (Å²) < 4.78 is 5.93. The van der Waals surface area contributed by atoms with E-state index in [-0.39, 0.29) is 11.2 Å². The summed E-state index contributed by atoms with van der Waals surface area (Å²) in [6.07, 6.45) is 2.69. The minimum atomic E-state index is 0.0354. The van der Waals surface area contributed by atoms with E-state index in [9.17, 15) is 4.79 Å². The third-order valence-electron chi connectivity index (χ3n) is 5.39. The van der Waals surface area contributed by atoms with E-state index >= 15 is 0 Å². The number of amides is 1. The van der Waals surface area contributed by atoms with Gasteiger partial charge in [0, 0.05) is 23.9 Å². The van der Waals surface area contributed by atoms with Gasteiger partial charge in [0.15, 0.2) is 11.5 Å². The third kappa shape index (κ3) is 2.80. The van der Waals surface area contributed by atoms with Crippen molar-refractivity contribution in [1.29, 1.82) is 0 Å². The van der Waals surface area contributed by atoms with Crippen LogP contribution in [0.1, 0.15) is 30.2 Å². The topological polar surface area (TPSA) is 46.3 Å². The summed E-state index contributed by atoms with van der Waals surface area (Å²) in [5.41, 5.74) is 3.07. The maximum Gasteiger partial charge on any atom is 0.236 e. The molecule has 1 aromatic heterocycles. The van der Waals surface area contributed by atoms with Gasteiger partial charge < -0.3 is 9.32 Å². The molecule has 1 saturated heterocycles. The Labute approximate surface area is 156 Å². The Balaban J connectivity index is 1.24. The van der Waals surface area contributed by atoms with Crippen LogP contribution in [0.15, 0.2) is 57.8 Å². The van der Waals surface area contributed by atoms with Crippen LogP contribution in [0.3, 0.4) is 0 Å². The molecule has 1 fully saturated rings. The van der Waals surface area contributed by atoms with E-state index in [0.29, 0.717) is 5.92 Å². The molecule has 1 amide bonds. The number of carbonyl (C=O) groups is 1. The molecule has 4 nitrogen and oxygen atoms in total. The first-order valence-electron chi connectivity index (χ1n) is 9.17. The molecule has 132 valence electrons. The standard InChI is InChI=1S/C21H20N2O2S/c24-21(19-13-15-5-1-4-8-18(15)26-19)23-11-9-14(10-12-23)20-22-16-6-2-3-7-17(16)25-20/h1-8,14,19H,9-13H2. The third-order valence-corrected chi connectivity index (χ3v) is 6.69. The van der Waals surface area contributed by atoms with Crippen molar-refractivity contribution in [2.24, 2.45) is 0 Å². The Morgan fingerprint density at radius 2 is 1.85 bits per heavy atom. The number of carbonyl (C=O) groups excluding carboxylic acids is 1. The van der Waals surface area contributed by atoms with Crippen LogP contribution in [-0.4, -0.2) is 34.1 Å². The highest BCUT2D eigenvalue weighted by Crippen LogP contribution is 2.38. The molecular weight excluding hydrogens is 344 g/mol. The number of aromatic nitrogens is 1. The fraction of sp³-hybridized carbons (Fsp3) is 0.333. The second-order valence-corrected chi connectivity index (χ2v) is 8.28. The predicted molar refractivity (Wildman–Crippen MR) is 102 cm³/mol. The molecule has 0 aliphatic carbocycles. The number of rotatable bonds is 2. The van der Waals surface area contributed by atoms with Gasteiger partial charge in [-0.3, -0.25) is 4.79 Å². The number of nitrogens with zero attached hydrogens (tertiary/aromatic N) is 2. The highest BCUT2D eigenvalue weighted by molar-refractivity contribution is 8.01. The van der Waals surface area contributed by atoms with Crippen LogP contribution in [0, 0.1) is 0 Å². The molecule has 1 unspecified atom stereocenters. The zero-order valence-electron chi connectivity index (χ0n) is 14.4. The summed E-state index contributed by atoms with van der Waals surface area (Å²) in [4.78, 5) is 20.8. The highest BCUT2D eigenvalue weighted by atomic mass is 32.2. The van der Waals surface area contributed by atoms with Crippen molar-refractivity contribution in [2.75, 3.05) is 13.1 Å². The molecule has 5 heteroatoms. The lowest BCUT2D eigenvalue weighted by molar-refractivity contribution is -0.131. The zero-order chi connectivity index (χ0) is 17.5. The molecule has 0 spiro atoms. The van der Waals surface area contributed by atoms with E-state index in [0.717, 1.165) is 49.3 Å². The quantitative estimate of drug-likeness (QED) is 0.682. The number of para-hydroxylation sites is 2. The van der Waals surface area contributed by atoms with Crippen LogP contribution in [0.25, 0.3) is 11.1 Å². The molecule has 1 atom stereocenters. The van der Waals surface area contributed by atoms with Crippen LogP contribution in [0.4, 0.5) is 0 Å². The first-order valence-corrected chi connectivity index (χ1v) is 10.0. The van der Waals surface area contributed by atoms with E-state index in [4.69, 9.17) is 4.42 Å². The van der Waals surface area contributed by atoms with Gasteiger partial charge in [-0.2, -0.15) is 0 Å². The molecular formula is C21H20N2O2S. The molecule has 2 aromatic carbocycles.